The summed E-state index contributed by atoms with van der Waals surface area (Å²) in [5.41, 5.74) is 1.13. The van der Waals surface area contributed by atoms with E-state index in [0.29, 0.717) is 24.0 Å². The summed E-state index contributed by atoms with van der Waals surface area (Å²) < 4.78 is 0. The zero-order chi connectivity index (χ0) is 10.4. The van der Waals surface area contributed by atoms with E-state index in [1.165, 1.54) is 0 Å². The van der Waals surface area contributed by atoms with Crippen molar-refractivity contribution >= 4 is 5.78 Å². The van der Waals surface area contributed by atoms with E-state index in [-0.39, 0.29) is 5.78 Å². The second-order valence-electron chi connectivity index (χ2n) is 2.94. The molecule has 0 aromatic heterocycles. The zero-order valence-electron chi connectivity index (χ0n) is 7.86. The largest absolute Gasteiger partial charge is 0.294 e. The SMILES string of the molecule is C=CCCC(=O)c1cccc(C#N)c1. The molecule has 1 aromatic rings. The van der Waals surface area contributed by atoms with Crippen LogP contribution in [0.2, 0.25) is 0 Å². The van der Waals surface area contributed by atoms with Crippen LogP contribution in [0.4, 0.5) is 0 Å². The van der Waals surface area contributed by atoms with Gasteiger partial charge >= 0.3 is 0 Å². The minimum absolute atomic E-state index is 0.0574. The van der Waals surface area contributed by atoms with Crippen molar-refractivity contribution in [2.24, 2.45) is 0 Å². The molecule has 0 N–H and O–H groups in total. The molecule has 0 saturated heterocycles. The van der Waals surface area contributed by atoms with Crippen LogP contribution in [0.15, 0.2) is 36.9 Å². The number of allylic oxidation sites excluding steroid dienone is 1. The van der Waals surface area contributed by atoms with Gasteiger partial charge in [-0.2, -0.15) is 5.26 Å². The lowest BCUT2D eigenvalue weighted by molar-refractivity contribution is 0.0983. The highest BCUT2D eigenvalue weighted by molar-refractivity contribution is 5.96. The van der Waals surface area contributed by atoms with E-state index in [1.54, 1.807) is 30.3 Å². The molecule has 0 heterocycles. The lowest BCUT2D eigenvalue weighted by Gasteiger charge is -1.98. The quantitative estimate of drug-likeness (QED) is 0.534. The van der Waals surface area contributed by atoms with Crippen molar-refractivity contribution in [3.05, 3.63) is 48.0 Å². The van der Waals surface area contributed by atoms with Gasteiger partial charge in [0.1, 0.15) is 0 Å². The Hall–Kier alpha value is -1.88. The third-order valence-corrected chi connectivity index (χ3v) is 1.89. The summed E-state index contributed by atoms with van der Waals surface area (Å²) in [6, 6.07) is 8.76. The fourth-order valence-corrected chi connectivity index (χ4v) is 1.14. The molecule has 0 atom stereocenters. The maximum absolute atomic E-state index is 11.5. The zero-order valence-corrected chi connectivity index (χ0v) is 7.86. The van der Waals surface area contributed by atoms with Crippen LogP contribution in [0.3, 0.4) is 0 Å². The van der Waals surface area contributed by atoms with Crippen LogP contribution in [0, 0.1) is 11.3 Å². The second-order valence-corrected chi connectivity index (χ2v) is 2.94. The van der Waals surface area contributed by atoms with E-state index < -0.39 is 0 Å². The first-order valence-electron chi connectivity index (χ1n) is 4.42. The Morgan fingerprint density at radius 1 is 1.57 bits per heavy atom. The minimum Gasteiger partial charge on any atom is -0.294 e. The lowest BCUT2D eigenvalue weighted by atomic mass is 10.0. The molecular formula is C12H11NO. The molecule has 0 aliphatic carbocycles. The van der Waals surface area contributed by atoms with Gasteiger partial charge in [0.25, 0.3) is 0 Å². The molecule has 0 bridgehead atoms. The smallest absolute Gasteiger partial charge is 0.163 e. The van der Waals surface area contributed by atoms with Crippen LogP contribution >= 0.6 is 0 Å². The molecule has 70 valence electrons. The molecule has 1 rings (SSSR count). The van der Waals surface area contributed by atoms with Gasteiger partial charge in [0.2, 0.25) is 0 Å². The molecule has 0 aliphatic heterocycles. The number of ketones is 1. The van der Waals surface area contributed by atoms with E-state index in [4.69, 9.17) is 5.26 Å². The molecule has 0 fully saturated rings. The molecule has 0 aliphatic rings. The number of hydrogen-bond donors (Lipinski definition) is 0. The molecule has 2 nitrogen and oxygen atoms in total. The van der Waals surface area contributed by atoms with Gasteiger partial charge in [-0.15, -0.1) is 6.58 Å². The van der Waals surface area contributed by atoms with E-state index in [2.05, 4.69) is 6.58 Å². The Kier molecular flexibility index (Phi) is 3.63. The highest BCUT2D eigenvalue weighted by Crippen LogP contribution is 2.08. The lowest BCUT2D eigenvalue weighted by Crippen LogP contribution is -1.98. The Morgan fingerprint density at radius 3 is 3.00 bits per heavy atom. The number of nitriles is 1. The fourth-order valence-electron chi connectivity index (χ4n) is 1.14. The van der Waals surface area contributed by atoms with Crippen LogP contribution < -0.4 is 0 Å². The fraction of sp³-hybridized carbons (Fsp3) is 0.167. The van der Waals surface area contributed by atoms with E-state index >= 15 is 0 Å². The van der Waals surface area contributed by atoms with E-state index in [0.717, 1.165) is 0 Å². The average molecular weight is 185 g/mol. The summed E-state index contributed by atoms with van der Waals surface area (Å²) in [6.07, 6.45) is 2.85. The number of carbonyl (C=O) groups excluding carboxylic acids is 1. The van der Waals surface area contributed by atoms with Gasteiger partial charge in [-0.3, -0.25) is 4.79 Å². The summed E-state index contributed by atoms with van der Waals surface area (Å²) >= 11 is 0. The summed E-state index contributed by atoms with van der Waals surface area (Å²) in [5.74, 6) is 0.0574. The van der Waals surface area contributed by atoms with E-state index in [1.807, 2.05) is 6.07 Å². The van der Waals surface area contributed by atoms with Crippen molar-refractivity contribution < 1.29 is 4.79 Å². The van der Waals surface area contributed by atoms with Crippen molar-refractivity contribution in [3.8, 4) is 6.07 Å². The highest BCUT2D eigenvalue weighted by atomic mass is 16.1. The number of rotatable bonds is 4. The third-order valence-electron chi connectivity index (χ3n) is 1.89. The Balaban J connectivity index is 2.80. The van der Waals surface area contributed by atoms with Crippen molar-refractivity contribution in [3.63, 3.8) is 0 Å². The molecule has 0 unspecified atom stereocenters. The molecule has 0 spiro atoms. The number of benzene rings is 1. The van der Waals surface area contributed by atoms with E-state index in [9.17, 15) is 4.79 Å². The molecular weight excluding hydrogens is 174 g/mol. The van der Waals surface area contributed by atoms with Crippen LogP contribution in [0.1, 0.15) is 28.8 Å². The summed E-state index contributed by atoms with van der Waals surface area (Å²) in [6.45, 7) is 3.56. The highest BCUT2D eigenvalue weighted by Gasteiger charge is 2.04. The predicted octanol–water partition coefficient (Wildman–Crippen LogP) is 2.71. The van der Waals surface area contributed by atoms with Crippen molar-refractivity contribution in [2.75, 3.05) is 0 Å². The number of Topliss-reactive ketones (excluding diaryl/α,β-unsaturated/α-hetero) is 1. The Bertz CT molecular complexity index is 388. The first-order chi connectivity index (χ1) is 6.77. The first kappa shape index (κ1) is 10.2. The van der Waals surface area contributed by atoms with Gasteiger partial charge < -0.3 is 0 Å². The Labute approximate surface area is 83.5 Å². The molecule has 0 saturated carbocycles. The van der Waals surface area contributed by atoms with Crippen molar-refractivity contribution in [1.29, 1.82) is 5.26 Å². The minimum atomic E-state index is 0.0574. The van der Waals surface area contributed by atoms with Gasteiger partial charge in [0, 0.05) is 12.0 Å². The summed E-state index contributed by atoms with van der Waals surface area (Å²) in [5, 5.41) is 8.64. The van der Waals surface area contributed by atoms with Gasteiger partial charge in [-0.05, 0) is 18.6 Å². The molecule has 0 radical (unpaired) electrons. The van der Waals surface area contributed by atoms with Crippen molar-refractivity contribution in [1.82, 2.24) is 0 Å². The molecule has 2 heteroatoms. The van der Waals surface area contributed by atoms with Gasteiger partial charge in [0.15, 0.2) is 5.78 Å². The molecule has 1 aromatic carbocycles. The van der Waals surface area contributed by atoms with Crippen LogP contribution in [0.5, 0.6) is 0 Å². The van der Waals surface area contributed by atoms with Gasteiger partial charge in [-0.25, -0.2) is 0 Å². The van der Waals surface area contributed by atoms with Crippen LogP contribution in [-0.4, -0.2) is 5.78 Å². The topological polar surface area (TPSA) is 40.9 Å². The average Bonchev–Trinajstić information content (AvgIpc) is 2.26. The second kappa shape index (κ2) is 4.98. The van der Waals surface area contributed by atoms with Crippen LogP contribution in [0.25, 0.3) is 0 Å². The molecule has 0 amide bonds. The standard InChI is InChI=1S/C12H11NO/c1-2-3-7-12(14)11-6-4-5-10(8-11)9-13/h2,4-6,8H,1,3,7H2. The third kappa shape index (κ3) is 2.56. The van der Waals surface area contributed by atoms with Crippen LogP contribution in [-0.2, 0) is 0 Å². The van der Waals surface area contributed by atoms with Gasteiger partial charge in [0.05, 0.1) is 11.6 Å². The normalized spacial score (nSPS) is 9.07. The monoisotopic (exact) mass is 185 g/mol. The summed E-state index contributed by atoms with van der Waals surface area (Å²) in [4.78, 5) is 11.5. The predicted molar refractivity (Wildman–Crippen MR) is 54.9 cm³/mol. The Morgan fingerprint density at radius 2 is 2.36 bits per heavy atom. The maximum Gasteiger partial charge on any atom is 0.163 e. The molecule has 14 heavy (non-hydrogen) atoms. The number of nitrogens with zero attached hydrogens (tertiary/aromatic N) is 1. The first-order valence-corrected chi connectivity index (χ1v) is 4.42. The summed E-state index contributed by atoms with van der Waals surface area (Å²) in [7, 11) is 0. The number of hydrogen-bond acceptors (Lipinski definition) is 2. The maximum atomic E-state index is 11.5. The number of carbonyl (C=O) groups is 1. The van der Waals surface area contributed by atoms with Gasteiger partial charge in [-0.1, -0.05) is 18.2 Å². The van der Waals surface area contributed by atoms with Crippen molar-refractivity contribution in [2.45, 2.75) is 12.8 Å².